The molecule has 1 N–H and O–H groups in total. The zero-order valence-corrected chi connectivity index (χ0v) is 14.0. The quantitative estimate of drug-likeness (QED) is 0.800. The van der Waals surface area contributed by atoms with Gasteiger partial charge in [0.05, 0.1) is 18.6 Å². The number of nitrogens with one attached hydrogen (secondary N) is 1. The minimum Gasteiger partial charge on any atom is -0.336 e. The molecule has 6 heteroatoms. The number of rotatable bonds is 4. The summed E-state index contributed by atoms with van der Waals surface area (Å²) in [7, 11) is 1.76. The monoisotopic (exact) mass is 324 g/mol. The van der Waals surface area contributed by atoms with E-state index in [1.54, 1.807) is 42.7 Å². The lowest BCUT2D eigenvalue weighted by Crippen LogP contribution is -2.27. The molecule has 1 amide bonds. The first-order valence-corrected chi connectivity index (χ1v) is 7.87. The van der Waals surface area contributed by atoms with E-state index in [0.29, 0.717) is 17.6 Å². The summed E-state index contributed by atoms with van der Waals surface area (Å²) in [4.78, 5) is 32.9. The van der Waals surface area contributed by atoms with Crippen molar-refractivity contribution in [2.75, 3.05) is 7.05 Å². The molecule has 0 aliphatic heterocycles. The van der Waals surface area contributed by atoms with Crippen LogP contribution < -0.4 is 5.56 Å². The summed E-state index contributed by atoms with van der Waals surface area (Å²) < 4.78 is 2.00. The standard InChI is InChI=1S/C18H20N4O2/c1-4-22-11-19-9-14(22)10-21(3)18(24)13-5-6-15-12(2)7-17(23)20-16(15)8-13/h5-9,11H,4,10H2,1-3H3,(H,20,23). The van der Waals surface area contributed by atoms with E-state index in [4.69, 9.17) is 0 Å². The molecule has 0 aliphatic rings. The summed E-state index contributed by atoms with van der Waals surface area (Å²) in [5, 5.41) is 0.942. The lowest BCUT2D eigenvalue weighted by Gasteiger charge is -2.18. The van der Waals surface area contributed by atoms with Gasteiger partial charge in [-0.05, 0) is 31.5 Å². The second-order valence-electron chi connectivity index (χ2n) is 5.91. The minimum absolute atomic E-state index is 0.0943. The van der Waals surface area contributed by atoms with Gasteiger partial charge < -0.3 is 14.5 Å². The van der Waals surface area contributed by atoms with Crippen LogP contribution in [0.25, 0.3) is 10.9 Å². The molecule has 6 nitrogen and oxygen atoms in total. The third kappa shape index (κ3) is 2.95. The van der Waals surface area contributed by atoms with Gasteiger partial charge in [0, 0.05) is 42.3 Å². The number of imidazole rings is 1. The number of hydrogen-bond donors (Lipinski definition) is 1. The summed E-state index contributed by atoms with van der Waals surface area (Å²) in [5.41, 5.74) is 2.95. The van der Waals surface area contributed by atoms with Crippen LogP contribution in [0.4, 0.5) is 0 Å². The van der Waals surface area contributed by atoms with Gasteiger partial charge in [-0.25, -0.2) is 4.98 Å². The molecule has 1 aromatic carbocycles. The average Bonchev–Trinajstić information content (AvgIpc) is 3.00. The minimum atomic E-state index is -0.162. The number of pyridine rings is 1. The van der Waals surface area contributed by atoms with Crippen LogP contribution in [-0.2, 0) is 13.1 Å². The van der Waals surface area contributed by atoms with Gasteiger partial charge >= 0.3 is 0 Å². The number of nitrogens with zero attached hydrogens (tertiary/aromatic N) is 3. The van der Waals surface area contributed by atoms with E-state index in [2.05, 4.69) is 9.97 Å². The van der Waals surface area contributed by atoms with E-state index >= 15 is 0 Å². The molecule has 0 aliphatic carbocycles. The van der Waals surface area contributed by atoms with Crippen molar-refractivity contribution in [3.8, 4) is 0 Å². The summed E-state index contributed by atoms with van der Waals surface area (Å²) in [5.74, 6) is -0.0943. The Hall–Kier alpha value is -2.89. The van der Waals surface area contributed by atoms with Gasteiger partial charge in [-0.15, -0.1) is 0 Å². The van der Waals surface area contributed by atoms with Gasteiger partial charge in [0.25, 0.3) is 5.91 Å². The molecule has 3 aromatic rings. The number of fused-ring (bicyclic) bond motifs is 1. The fourth-order valence-corrected chi connectivity index (χ4v) is 2.87. The van der Waals surface area contributed by atoms with E-state index in [1.807, 2.05) is 24.5 Å². The van der Waals surface area contributed by atoms with Crippen LogP contribution >= 0.6 is 0 Å². The third-order valence-corrected chi connectivity index (χ3v) is 4.18. The Kier molecular flexibility index (Phi) is 4.20. The number of carbonyl (C=O) groups is 1. The van der Waals surface area contributed by atoms with Crippen molar-refractivity contribution in [3.63, 3.8) is 0 Å². The summed E-state index contributed by atoms with van der Waals surface area (Å²) >= 11 is 0. The van der Waals surface area contributed by atoms with Gasteiger partial charge in [-0.2, -0.15) is 0 Å². The predicted octanol–water partition coefficient (Wildman–Crippen LogP) is 2.33. The average molecular weight is 324 g/mol. The zero-order chi connectivity index (χ0) is 17.3. The number of aromatic nitrogens is 3. The predicted molar refractivity (Wildman–Crippen MR) is 93.0 cm³/mol. The Morgan fingerprint density at radius 2 is 2.12 bits per heavy atom. The van der Waals surface area contributed by atoms with E-state index in [1.165, 1.54) is 0 Å². The Morgan fingerprint density at radius 3 is 2.88 bits per heavy atom. The lowest BCUT2D eigenvalue weighted by molar-refractivity contribution is 0.0782. The van der Waals surface area contributed by atoms with Crippen LogP contribution in [0.2, 0.25) is 0 Å². The van der Waals surface area contributed by atoms with Crippen molar-refractivity contribution in [1.29, 1.82) is 0 Å². The first-order valence-electron chi connectivity index (χ1n) is 7.87. The highest BCUT2D eigenvalue weighted by Gasteiger charge is 2.15. The second-order valence-corrected chi connectivity index (χ2v) is 5.91. The summed E-state index contributed by atoms with van der Waals surface area (Å²) in [6, 6.07) is 6.96. The SMILES string of the molecule is CCn1cncc1CN(C)C(=O)c1ccc2c(C)cc(=O)[nH]c2c1. The second kappa shape index (κ2) is 6.31. The van der Waals surface area contributed by atoms with Crippen molar-refractivity contribution in [1.82, 2.24) is 19.4 Å². The summed E-state index contributed by atoms with van der Waals surface area (Å²) in [6.07, 6.45) is 3.53. The van der Waals surface area contributed by atoms with Crippen LogP contribution in [-0.4, -0.2) is 32.4 Å². The van der Waals surface area contributed by atoms with Crippen LogP contribution in [0.15, 0.2) is 41.6 Å². The Morgan fingerprint density at radius 1 is 1.33 bits per heavy atom. The van der Waals surface area contributed by atoms with Gasteiger partial charge in [-0.1, -0.05) is 6.07 Å². The first kappa shape index (κ1) is 16.0. The van der Waals surface area contributed by atoms with Crippen molar-refractivity contribution in [3.05, 3.63) is 64.0 Å². The van der Waals surface area contributed by atoms with Crippen molar-refractivity contribution < 1.29 is 4.79 Å². The fraction of sp³-hybridized carbons (Fsp3) is 0.278. The molecule has 0 fully saturated rings. The maximum Gasteiger partial charge on any atom is 0.254 e. The molecule has 0 saturated heterocycles. The number of aryl methyl sites for hydroxylation is 2. The Bertz CT molecular complexity index is 955. The molecule has 2 heterocycles. The number of aromatic amines is 1. The number of hydrogen-bond acceptors (Lipinski definition) is 3. The van der Waals surface area contributed by atoms with Gasteiger partial charge in [0.15, 0.2) is 0 Å². The van der Waals surface area contributed by atoms with Crippen LogP contribution in [0.1, 0.15) is 28.5 Å². The normalized spacial score (nSPS) is 11.0. The Balaban J connectivity index is 1.89. The van der Waals surface area contributed by atoms with Crippen LogP contribution in [0.3, 0.4) is 0 Å². The van der Waals surface area contributed by atoms with Crippen molar-refractivity contribution in [2.45, 2.75) is 26.9 Å². The molecule has 3 rings (SSSR count). The lowest BCUT2D eigenvalue weighted by atomic mass is 10.1. The van der Waals surface area contributed by atoms with Gasteiger partial charge in [0.1, 0.15) is 0 Å². The van der Waals surface area contributed by atoms with E-state index in [0.717, 1.165) is 23.2 Å². The molecular formula is C18H20N4O2. The number of H-pyrrole nitrogens is 1. The molecule has 0 unspecified atom stereocenters. The molecule has 24 heavy (non-hydrogen) atoms. The molecule has 124 valence electrons. The van der Waals surface area contributed by atoms with Crippen molar-refractivity contribution in [2.24, 2.45) is 0 Å². The number of benzene rings is 1. The van der Waals surface area contributed by atoms with E-state index < -0.39 is 0 Å². The molecule has 2 aromatic heterocycles. The molecule has 0 radical (unpaired) electrons. The highest BCUT2D eigenvalue weighted by Crippen LogP contribution is 2.17. The summed E-state index contributed by atoms with van der Waals surface area (Å²) in [6.45, 7) is 5.22. The van der Waals surface area contributed by atoms with Crippen LogP contribution in [0, 0.1) is 6.92 Å². The van der Waals surface area contributed by atoms with E-state index in [-0.39, 0.29) is 11.5 Å². The molecule has 0 bridgehead atoms. The van der Waals surface area contributed by atoms with E-state index in [9.17, 15) is 9.59 Å². The van der Waals surface area contributed by atoms with Crippen LogP contribution in [0.5, 0.6) is 0 Å². The molecule has 0 saturated carbocycles. The van der Waals surface area contributed by atoms with Crippen molar-refractivity contribution >= 4 is 16.8 Å². The number of carbonyl (C=O) groups excluding carboxylic acids is 1. The highest BCUT2D eigenvalue weighted by atomic mass is 16.2. The maximum atomic E-state index is 12.7. The highest BCUT2D eigenvalue weighted by molar-refractivity contribution is 5.98. The van der Waals surface area contributed by atoms with Gasteiger partial charge in [-0.3, -0.25) is 9.59 Å². The largest absolute Gasteiger partial charge is 0.336 e. The Labute approximate surface area is 139 Å². The van der Waals surface area contributed by atoms with Gasteiger partial charge in [0.2, 0.25) is 5.56 Å². The maximum absolute atomic E-state index is 12.7. The molecule has 0 spiro atoms. The number of amides is 1. The third-order valence-electron chi connectivity index (χ3n) is 4.18. The molecule has 0 atom stereocenters. The first-order chi connectivity index (χ1) is 11.5. The fourth-order valence-electron chi connectivity index (χ4n) is 2.87. The zero-order valence-electron chi connectivity index (χ0n) is 14.0. The topological polar surface area (TPSA) is 71.0 Å². The smallest absolute Gasteiger partial charge is 0.254 e. The molecular weight excluding hydrogens is 304 g/mol.